The largest absolute Gasteiger partial charge is 0.333 e. The molecule has 9 aromatic rings. The highest BCUT2D eigenvalue weighted by Gasteiger charge is 2.41. The van der Waals surface area contributed by atoms with Crippen LogP contribution >= 0.6 is 22.7 Å². The maximum Gasteiger partial charge on any atom is 0.102 e. The van der Waals surface area contributed by atoms with E-state index in [1.165, 1.54) is 85.5 Å². The summed E-state index contributed by atoms with van der Waals surface area (Å²) in [4.78, 5) is 6.41. The minimum absolute atomic E-state index is 0.0975. The van der Waals surface area contributed by atoms with E-state index in [0.717, 1.165) is 0 Å². The zero-order valence-electron chi connectivity index (χ0n) is 28.2. The van der Waals surface area contributed by atoms with Gasteiger partial charge in [-0.2, -0.15) is 0 Å². The summed E-state index contributed by atoms with van der Waals surface area (Å²) in [6.07, 6.45) is 7.38. The summed E-state index contributed by atoms with van der Waals surface area (Å²) in [5, 5.41) is 8.98. The summed E-state index contributed by atoms with van der Waals surface area (Å²) in [7, 11) is 0. The van der Waals surface area contributed by atoms with Gasteiger partial charge in [-0.05, 0) is 86.6 Å². The van der Waals surface area contributed by atoms with Gasteiger partial charge in [-0.15, -0.1) is 22.7 Å². The molecular formula is C48H32N2S2. The number of hydrogen-bond donors (Lipinski definition) is 0. The van der Waals surface area contributed by atoms with Crippen LogP contribution in [0.3, 0.4) is 0 Å². The van der Waals surface area contributed by atoms with Gasteiger partial charge in [-0.25, -0.2) is 0 Å². The Kier molecular flexibility index (Phi) is 6.76. The van der Waals surface area contributed by atoms with E-state index >= 15 is 0 Å². The van der Waals surface area contributed by atoms with Crippen molar-refractivity contribution in [1.29, 1.82) is 0 Å². The number of benzene rings is 7. The summed E-state index contributed by atoms with van der Waals surface area (Å²) >= 11 is 3.75. The Balaban J connectivity index is 1.11. The molecule has 3 heterocycles. The molecule has 0 saturated heterocycles. The van der Waals surface area contributed by atoms with E-state index in [-0.39, 0.29) is 12.0 Å². The van der Waals surface area contributed by atoms with Crippen molar-refractivity contribution < 1.29 is 0 Å². The van der Waals surface area contributed by atoms with Crippen molar-refractivity contribution >= 4 is 86.5 Å². The molecule has 1 aliphatic heterocycles. The third-order valence-corrected chi connectivity index (χ3v) is 13.1. The first-order valence-electron chi connectivity index (χ1n) is 17.8. The fourth-order valence-electron chi connectivity index (χ4n) is 8.48. The molecule has 2 aromatic heterocycles. The van der Waals surface area contributed by atoms with E-state index in [0.29, 0.717) is 0 Å². The molecule has 0 bridgehead atoms. The molecule has 11 rings (SSSR count). The highest BCUT2D eigenvalue weighted by atomic mass is 32.1. The van der Waals surface area contributed by atoms with E-state index < -0.39 is 0 Å². The van der Waals surface area contributed by atoms with Crippen molar-refractivity contribution in [3.8, 4) is 10.4 Å². The summed E-state index contributed by atoms with van der Waals surface area (Å²) < 4.78 is 2.64. The number of hydrogen-bond acceptors (Lipinski definition) is 4. The van der Waals surface area contributed by atoms with Crippen LogP contribution in [0.5, 0.6) is 0 Å². The van der Waals surface area contributed by atoms with E-state index in [2.05, 4.69) is 192 Å². The van der Waals surface area contributed by atoms with Gasteiger partial charge >= 0.3 is 0 Å². The molecule has 0 amide bonds. The number of para-hydroxylation sites is 1. The molecule has 2 atom stereocenters. The molecule has 2 aliphatic rings. The smallest absolute Gasteiger partial charge is 0.102 e. The van der Waals surface area contributed by atoms with Crippen LogP contribution in [-0.4, -0.2) is 6.04 Å². The van der Waals surface area contributed by atoms with Gasteiger partial charge in [-0.3, -0.25) is 0 Å². The van der Waals surface area contributed by atoms with Gasteiger partial charge in [0.15, 0.2) is 0 Å². The highest BCUT2D eigenvalue weighted by Crippen LogP contribution is 2.55. The molecule has 2 nitrogen and oxygen atoms in total. The topological polar surface area (TPSA) is 6.48 Å². The monoisotopic (exact) mass is 700 g/mol. The van der Waals surface area contributed by atoms with Crippen LogP contribution in [-0.2, 0) is 0 Å². The van der Waals surface area contributed by atoms with Crippen LogP contribution in [0.25, 0.3) is 52.2 Å². The second kappa shape index (κ2) is 11.8. The lowest BCUT2D eigenvalue weighted by Gasteiger charge is -2.33. The van der Waals surface area contributed by atoms with Crippen molar-refractivity contribution in [2.45, 2.75) is 12.0 Å². The Morgan fingerprint density at radius 1 is 0.538 bits per heavy atom. The Hall–Kier alpha value is -5.94. The lowest BCUT2D eigenvalue weighted by atomic mass is 9.85. The average Bonchev–Trinajstić information content (AvgIpc) is 3.90. The lowest BCUT2D eigenvalue weighted by molar-refractivity contribution is 0.738. The minimum Gasteiger partial charge on any atom is -0.333 e. The number of allylic oxidation sites excluding steroid dienone is 1. The quantitative estimate of drug-likeness (QED) is 0.165. The molecule has 7 aromatic carbocycles. The molecule has 246 valence electrons. The third-order valence-electron chi connectivity index (χ3n) is 10.8. The van der Waals surface area contributed by atoms with Crippen LogP contribution in [0, 0.1) is 0 Å². The van der Waals surface area contributed by atoms with Crippen LogP contribution in [0.1, 0.15) is 11.5 Å². The maximum atomic E-state index is 2.61. The molecule has 4 heteroatoms. The summed E-state index contributed by atoms with van der Waals surface area (Å²) in [5.41, 5.74) is 7.58. The molecule has 52 heavy (non-hydrogen) atoms. The molecule has 0 N–H and O–H groups in total. The molecule has 0 spiro atoms. The van der Waals surface area contributed by atoms with Crippen LogP contribution in [0.15, 0.2) is 188 Å². The van der Waals surface area contributed by atoms with Crippen molar-refractivity contribution in [3.05, 3.63) is 193 Å². The second-order valence-corrected chi connectivity index (χ2v) is 15.8. The average molecular weight is 701 g/mol. The van der Waals surface area contributed by atoms with Crippen molar-refractivity contribution in [3.63, 3.8) is 0 Å². The number of fused-ring (bicyclic) bond motifs is 10. The van der Waals surface area contributed by atoms with Crippen molar-refractivity contribution in [2.75, 3.05) is 9.80 Å². The second-order valence-electron chi connectivity index (χ2n) is 13.7. The van der Waals surface area contributed by atoms with Crippen LogP contribution in [0.2, 0.25) is 0 Å². The zero-order valence-corrected chi connectivity index (χ0v) is 29.8. The SMILES string of the molecule is C1=CC2c3c(c4ccccc4c4ccccc34)N(c3ccccc3)C2C=C1N(c1ccc2ccccc2c1)c1cc2sc(-c3ccccc3)cc2s1. The molecular weight excluding hydrogens is 669 g/mol. The van der Waals surface area contributed by atoms with Gasteiger partial charge in [0.05, 0.1) is 11.7 Å². The Morgan fingerprint density at radius 3 is 1.98 bits per heavy atom. The number of thiophene rings is 2. The molecule has 1 aliphatic carbocycles. The molecule has 0 fully saturated rings. The van der Waals surface area contributed by atoms with Gasteiger partial charge in [0, 0.05) is 42.7 Å². The van der Waals surface area contributed by atoms with E-state index in [4.69, 9.17) is 0 Å². The fraction of sp³-hybridized carbons (Fsp3) is 0.0417. The molecule has 0 saturated carbocycles. The number of anilines is 4. The van der Waals surface area contributed by atoms with Gasteiger partial charge in [-0.1, -0.05) is 133 Å². The first-order valence-corrected chi connectivity index (χ1v) is 19.5. The van der Waals surface area contributed by atoms with Gasteiger partial charge in [0.1, 0.15) is 5.00 Å². The third kappa shape index (κ3) is 4.61. The predicted octanol–water partition coefficient (Wildman–Crippen LogP) is 14.0. The lowest BCUT2D eigenvalue weighted by Crippen LogP contribution is -2.31. The van der Waals surface area contributed by atoms with Crippen LogP contribution < -0.4 is 9.80 Å². The standard InChI is InChI=1S/C48H32N2S2/c1-3-14-32(15-4-1)43-29-44-45(51-43)30-46(52-44)49(35-24-23-31-13-7-8-16-33(31)27-35)36-25-26-41-42(28-36)50(34-17-5-2-6-18-34)48-40-22-12-10-20-38(40)37-19-9-11-21-39(37)47(41)48/h1-30,41-42H. The maximum absolute atomic E-state index is 2.61. The molecule has 2 unspecified atom stereocenters. The van der Waals surface area contributed by atoms with Crippen molar-refractivity contribution in [1.82, 2.24) is 0 Å². The zero-order chi connectivity index (χ0) is 34.2. The Labute approximate surface area is 310 Å². The first-order chi connectivity index (χ1) is 25.8. The van der Waals surface area contributed by atoms with Gasteiger partial charge in [0.2, 0.25) is 0 Å². The van der Waals surface area contributed by atoms with E-state index in [9.17, 15) is 0 Å². The normalized spacial score (nSPS) is 16.5. The Bertz CT molecular complexity index is 2850. The number of nitrogens with zero attached hydrogens (tertiary/aromatic N) is 2. The Morgan fingerprint density at radius 2 is 1.19 bits per heavy atom. The molecule has 0 radical (unpaired) electrons. The highest BCUT2D eigenvalue weighted by molar-refractivity contribution is 7.31. The van der Waals surface area contributed by atoms with E-state index in [1.807, 2.05) is 22.7 Å². The van der Waals surface area contributed by atoms with Gasteiger partial charge < -0.3 is 9.80 Å². The van der Waals surface area contributed by atoms with E-state index in [1.54, 1.807) is 0 Å². The minimum atomic E-state index is 0.0975. The predicted molar refractivity (Wildman–Crippen MR) is 225 cm³/mol. The van der Waals surface area contributed by atoms with Crippen molar-refractivity contribution in [2.24, 2.45) is 0 Å². The first kappa shape index (κ1) is 29.8. The number of rotatable bonds is 5. The van der Waals surface area contributed by atoms with Crippen LogP contribution in [0.4, 0.5) is 22.1 Å². The van der Waals surface area contributed by atoms with Gasteiger partial charge in [0.25, 0.3) is 0 Å². The summed E-state index contributed by atoms with van der Waals surface area (Å²) in [6, 6.07) is 60.1. The fourth-order valence-corrected chi connectivity index (χ4v) is 10.9. The summed E-state index contributed by atoms with van der Waals surface area (Å²) in [5.74, 6) is 0.201. The summed E-state index contributed by atoms with van der Waals surface area (Å²) in [6.45, 7) is 0.